The van der Waals surface area contributed by atoms with Crippen molar-refractivity contribution in [2.24, 2.45) is 0 Å². The van der Waals surface area contributed by atoms with Crippen LogP contribution in [0.15, 0.2) is 52.5 Å². The molecule has 0 aliphatic rings. The Kier molecular flexibility index (Phi) is 7.23. The molecular formula is C18H22N4O4. The molecule has 0 aromatic carbocycles. The van der Waals surface area contributed by atoms with Gasteiger partial charge in [-0.3, -0.25) is 4.79 Å². The summed E-state index contributed by atoms with van der Waals surface area (Å²) in [6, 6.07) is 5.48. The summed E-state index contributed by atoms with van der Waals surface area (Å²) in [7, 11) is 1.56. The van der Waals surface area contributed by atoms with Crippen LogP contribution < -0.4 is 5.32 Å². The quantitative estimate of drug-likeness (QED) is 0.378. The standard InChI is InChI=1S/C10H15N3O2.C8H7NO2/c1-9(15-2)10-6-13(7-12-10)5-3-4-11-8-14;1-6-5-8(11-9-6)7-3-2-4-10-7/h6-8H,1,3-5H2,2H3,(H,11,14);2-5H,1H3. The minimum atomic E-state index is 0.555. The Hall–Kier alpha value is -3.29. The molecule has 0 atom stereocenters. The molecule has 0 bridgehead atoms. The van der Waals surface area contributed by atoms with Crippen LogP contribution in [0.25, 0.3) is 17.3 Å². The first-order valence-electron chi connectivity index (χ1n) is 8.03. The number of nitrogens with zero attached hydrogens (tertiary/aromatic N) is 3. The number of hydrogen-bond donors (Lipinski definition) is 1. The number of imidazole rings is 1. The van der Waals surface area contributed by atoms with Gasteiger partial charge in [0.2, 0.25) is 12.2 Å². The molecule has 0 radical (unpaired) electrons. The van der Waals surface area contributed by atoms with Gasteiger partial charge in [-0.1, -0.05) is 11.7 Å². The molecule has 0 unspecified atom stereocenters. The lowest BCUT2D eigenvalue weighted by atomic mass is 10.3. The topological polar surface area (TPSA) is 95.3 Å². The fourth-order valence-corrected chi connectivity index (χ4v) is 2.05. The summed E-state index contributed by atoms with van der Waals surface area (Å²) in [6.07, 6.45) is 6.76. The molecule has 1 N–H and O–H groups in total. The van der Waals surface area contributed by atoms with Gasteiger partial charge in [0.25, 0.3) is 0 Å². The van der Waals surface area contributed by atoms with Crippen LogP contribution in [-0.4, -0.2) is 34.8 Å². The third-order valence-corrected chi connectivity index (χ3v) is 3.38. The molecule has 3 heterocycles. The Labute approximate surface area is 151 Å². The Bertz CT molecular complexity index is 805. The molecule has 8 nitrogen and oxygen atoms in total. The molecule has 3 aromatic rings. The predicted molar refractivity (Wildman–Crippen MR) is 95.9 cm³/mol. The molecule has 138 valence electrons. The molecule has 0 spiro atoms. The van der Waals surface area contributed by atoms with Crippen molar-refractivity contribution >= 4 is 12.2 Å². The highest BCUT2D eigenvalue weighted by atomic mass is 16.5. The number of carbonyl (C=O) groups excluding carboxylic acids is 1. The molecule has 3 aromatic heterocycles. The van der Waals surface area contributed by atoms with E-state index in [2.05, 4.69) is 22.0 Å². The van der Waals surface area contributed by atoms with E-state index in [-0.39, 0.29) is 0 Å². The van der Waals surface area contributed by atoms with E-state index in [1.54, 1.807) is 19.7 Å². The van der Waals surface area contributed by atoms with Gasteiger partial charge in [0.15, 0.2) is 5.76 Å². The summed E-state index contributed by atoms with van der Waals surface area (Å²) in [5.74, 6) is 1.94. The van der Waals surface area contributed by atoms with Crippen molar-refractivity contribution in [1.29, 1.82) is 0 Å². The molecule has 0 aliphatic heterocycles. The smallest absolute Gasteiger partial charge is 0.207 e. The molecule has 0 saturated heterocycles. The van der Waals surface area contributed by atoms with Crippen molar-refractivity contribution in [3.8, 4) is 11.5 Å². The minimum Gasteiger partial charge on any atom is -0.495 e. The maximum atomic E-state index is 9.99. The summed E-state index contributed by atoms with van der Waals surface area (Å²) in [4.78, 5) is 14.1. The Morgan fingerprint density at radius 1 is 1.46 bits per heavy atom. The summed E-state index contributed by atoms with van der Waals surface area (Å²) in [5.41, 5.74) is 1.59. The molecule has 0 fully saturated rings. The molecule has 0 aliphatic carbocycles. The van der Waals surface area contributed by atoms with Gasteiger partial charge >= 0.3 is 0 Å². The number of furan rings is 1. The van der Waals surface area contributed by atoms with Crippen LogP contribution in [0.5, 0.6) is 0 Å². The Morgan fingerprint density at radius 2 is 2.31 bits per heavy atom. The lowest BCUT2D eigenvalue weighted by Crippen LogP contribution is -2.13. The number of rotatable bonds is 8. The number of hydrogen-bond acceptors (Lipinski definition) is 6. The van der Waals surface area contributed by atoms with Crippen LogP contribution in [-0.2, 0) is 16.1 Å². The Morgan fingerprint density at radius 3 is 2.92 bits per heavy atom. The number of carbonyl (C=O) groups is 1. The largest absolute Gasteiger partial charge is 0.495 e. The van der Waals surface area contributed by atoms with E-state index in [4.69, 9.17) is 13.7 Å². The first kappa shape index (κ1) is 19.0. The first-order valence-corrected chi connectivity index (χ1v) is 8.03. The van der Waals surface area contributed by atoms with E-state index in [0.717, 1.165) is 24.4 Å². The second-order valence-electron chi connectivity index (χ2n) is 5.36. The first-order chi connectivity index (χ1) is 12.6. The zero-order chi connectivity index (χ0) is 18.8. The average Bonchev–Trinajstić information content (AvgIpc) is 3.39. The zero-order valence-corrected chi connectivity index (χ0v) is 14.8. The summed E-state index contributed by atoms with van der Waals surface area (Å²) in [5, 5.41) is 6.34. The fraction of sp³-hybridized carbons (Fsp3) is 0.278. The number of methoxy groups -OCH3 is 1. The van der Waals surface area contributed by atoms with E-state index < -0.39 is 0 Å². The summed E-state index contributed by atoms with van der Waals surface area (Å²) >= 11 is 0. The van der Waals surface area contributed by atoms with Gasteiger partial charge in [-0.2, -0.15) is 0 Å². The molecule has 26 heavy (non-hydrogen) atoms. The van der Waals surface area contributed by atoms with Gasteiger partial charge in [-0.05, 0) is 25.5 Å². The van der Waals surface area contributed by atoms with Crippen molar-refractivity contribution < 1.29 is 18.5 Å². The number of aryl methyl sites for hydroxylation is 2. The molecule has 0 saturated carbocycles. The molecular weight excluding hydrogens is 336 g/mol. The van der Waals surface area contributed by atoms with Gasteiger partial charge in [-0.15, -0.1) is 0 Å². The van der Waals surface area contributed by atoms with Crippen LogP contribution in [0.2, 0.25) is 0 Å². The highest BCUT2D eigenvalue weighted by Crippen LogP contribution is 2.19. The van der Waals surface area contributed by atoms with E-state index >= 15 is 0 Å². The van der Waals surface area contributed by atoms with Crippen molar-refractivity contribution in [2.45, 2.75) is 19.9 Å². The van der Waals surface area contributed by atoms with Crippen LogP contribution >= 0.6 is 0 Å². The van der Waals surface area contributed by atoms with Crippen LogP contribution in [0.1, 0.15) is 17.8 Å². The lowest BCUT2D eigenvalue weighted by Gasteiger charge is -2.01. The zero-order valence-electron chi connectivity index (χ0n) is 14.8. The van der Waals surface area contributed by atoms with E-state index in [0.29, 0.717) is 30.2 Å². The molecule has 1 amide bonds. The Balaban J connectivity index is 0.000000195. The van der Waals surface area contributed by atoms with Crippen molar-refractivity contribution in [3.05, 3.63) is 55.0 Å². The number of amides is 1. The third-order valence-electron chi connectivity index (χ3n) is 3.38. The molecule has 8 heteroatoms. The third kappa shape index (κ3) is 5.66. The van der Waals surface area contributed by atoms with Gasteiger partial charge in [0.05, 0.1) is 25.4 Å². The fourth-order valence-electron chi connectivity index (χ4n) is 2.05. The normalized spacial score (nSPS) is 9.92. The van der Waals surface area contributed by atoms with E-state index in [1.807, 2.05) is 35.9 Å². The van der Waals surface area contributed by atoms with Gasteiger partial charge in [0.1, 0.15) is 11.5 Å². The minimum absolute atomic E-state index is 0.555. The predicted octanol–water partition coefficient (Wildman–Crippen LogP) is 2.88. The highest BCUT2D eigenvalue weighted by Gasteiger charge is 2.05. The van der Waals surface area contributed by atoms with Crippen molar-refractivity contribution in [2.75, 3.05) is 13.7 Å². The second kappa shape index (κ2) is 9.87. The van der Waals surface area contributed by atoms with E-state index in [1.165, 1.54) is 0 Å². The maximum absolute atomic E-state index is 9.99. The van der Waals surface area contributed by atoms with Crippen LogP contribution in [0, 0.1) is 6.92 Å². The summed E-state index contributed by atoms with van der Waals surface area (Å²) in [6.45, 7) is 7.06. The lowest BCUT2D eigenvalue weighted by molar-refractivity contribution is -0.109. The van der Waals surface area contributed by atoms with Crippen molar-refractivity contribution in [3.63, 3.8) is 0 Å². The number of aromatic nitrogens is 3. The SMILES string of the molecule is C=C(OC)c1cn(CCCNC=O)cn1.Cc1cc(-c2ccco2)on1. The monoisotopic (exact) mass is 358 g/mol. The number of nitrogens with one attached hydrogen (secondary N) is 1. The van der Waals surface area contributed by atoms with Gasteiger partial charge in [0, 0.05) is 25.4 Å². The van der Waals surface area contributed by atoms with Crippen LogP contribution in [0.3, 0.4) is 0 Å². The number of ether oxygens (including phenoxy) is 1. The highest BCUT2D eigenvalue weighted by molar-refractivity contribution is 5.52. The molecule has 3 rings (SSSR count). The summed E-state index contributed by atoms with van der Waals surface area (Å²) < 4.78 is 17.0. The maximum Gasteiger partial charge on any atom is 0.207 e. The average molecular weight is 358 g/mol. The van der Waals surface area contributed by atoms with Crippen LogP contribution in [0.4, 0.5) is 0 Å². The van der Waals surface area contributed by atoms with Crippen molar-refractivity contribution in [1.82, 2.24) is 20.0 Å². The van der Waals surface area contributed by atoms with Gasteiger partial charge < -0.3 is 23.6 Å². The second-order valence-corrected chi connectivity index (χ2v) is 5.36. The van der Waals surface area contributed by atoms with E-state index in [9.17, 15) is 4.79 Å². The van der Waals surface area contributed by atoms with Gasteiger partial charge in [-0.25, -0.2) is 4.98 Å².